The number of rotatable bonds is 2. The fraction of sp³-hybridized carbons (Fsp3) is 0.583. The molecule has 1 aliphatic rings. The van der Waals surface area contributed by atoms with Crippen molar-refractivity contribution in [3.63, 3.8) is 0 Å². The molecule has 3 heterocycles. The molecule has 2 aromatic heterocycles. The van der Waals surface area contributed by atoms with Crippen LogP contribution < -0.4 is 4.90 Å². The van der Waals surface area contributed by atoms with Crippen molar-refractivity contribution in [1.29, 1.82) is 0 Å². The molecule has 0 unspecified atom stereocenters. The van der Waals surface area contributed by atoms with Crippen molar-refractivity contribution in [3.8, 4) is 0 Å². The molecule has 0 N–H and O–H groups in total. The largest absolute Gasteiger partial charge is 0.353 e. The summed E-state index contributed by atoms with van der Waals surface area (Å²) < 4.78 is 1.92. The SMILES string of the molecule is CN(C)C1CCN(c2nccn3cnnc23)CC1. The highest BCUT2D eigenvalue weighted by atomic mass is 15.3. The van der Waals surface area contributed by atoms with E-state index in [1.54, 1.807) is 6.33 Å². The van der Waals surface area contributed by atoms with E-state index in [1.807, 2.05) is 16.8 Å². The minimum Gasteiger partial charge on any atom is -0.353 e. The van der Waals surface area contributed by atoms with Crippen LogP contribution in [-0.2, 0) is 0 Å². The Kier molecular flexibility index (Phi) is 2.87. The van der Waals surface area contributed by atoms with Gasteiger partial charge in [-0.05, 0) is 26.9 Å². The molecular weight excluding hydrogens is 228 g/mol. The highest BCUT2D eigenvalue weighted by molar-refractivity contribution is 5.63. The van der Waals surface area contributed by atoms with Gasteiger partial charge in [-0.15, -0.1) is 10.2 Å². The molecular formula is C12H18N6. The van der Waals surface area contributed by atoms with Crippen LogP contribution in [0, 0.1) is 0 Å². The van der Waals surface area contributed by atoms with Gasteiger partial charge in [-0.2, -0.15) is 0 Å². The maximum atomic E-state index is 4.46. The van der Waals surface area contributed by atoms with Gasteiger partial charge in [0.15, 0.2) is 5.82 Å². The van der Waals surface area contributed by atoms with Gasteiger partial charge in [0.2, 0.25) is 5.65 Å². The average molecular weight is 246 g/mol. The van der Waals surface area contributed by atoms with E-state index < -0.39 is 0 Å². The van der Waals surface area contributed by atoms with Crippen LogP contribution in [0.2, 0.25) is 0 Å². The molecule has 1 saturated heterocycles. The molecule has 0 radical (unpaired) electrons. The van der Waals surface area contributed by atoms with Crippen LogP contribution in [0.4, 0.5) is 5.82 Å². The summed E-state index contributed by atoms with van der Waals surface area (Å²) in [5.41, 5.74) is 0.848. The molecule has 0 bridgehead atoms. The second-order valence-electron chi connectivity index (χ2n) is 4.99. The van der Waals surface area contributed by atoms with Crippen molar-refractivity contribution in [2.45, 2.75) is 18.9 Å². The first kappa shape index (κ1) is 11.4. The maximum absolute atomic E-state index is 4.46. The van der Waals surface area contributed by atoms with E-state index >= 15 is 0 Å². The second kappa shape index (κ2) is 4.53. The molecule has 1 fully saturated rings. The Hall–Kier alpha value is -1.69. The van der Waals surface area contributed by atoms with Crippen LogP contribution in [0.5, 0.6) is 0 Å². The van der Waals surface area contributed by atoms with Crippen LogP contribution in [-0.4, -0.2) is 57.7 Å². The lowest BCUT2D eigenvalue weighted by Crippen LogP contribution is -2.42. The quantitative estimate of drug-likeness (QED) is 0.779. The third-order valence-corrected chi connectivity index (χ3v) is 3.69. The standard InChI is InChI=1S/C12H18N6/c1-16(2)10-3-6-17(7-4-10)11-12-15-14-9-18(12)8-5-13-11/h5,8-10H,3-4,6-7H2,1-2H3. The molecule has 0 aliphatic carbocycles. The molecule has 0 atom stereocenters. The number of fused-ring (bicyclic) bond motifs is 1. The number of piperidine rings is 1. The Morgan fingerprint density at radius 3 is 2.78 bits per heavy atom. The summed E-state index contributed by atoms with van der Waals surface area (Å²) in [5, 5.41) is 8.08. The van der Waals surface area contributed by atoms with Crippen LogP contribution >= 0.6 is 0 Å². The van der Waals surface area contributed by atoms with Crippen molar-refractivity contribution < 1.29 is 0 Å². The summed E-state index contributed by atoms with van der Waals surface area (Å²) in [7, 11) is 4.30. The third-order valence-electron chi connectivity index (χ3n) is 3.69. The van der Waals surface area contributed by atoms with E-state index in [9.17, 15) is 0 Å². The predicted octanol–water partition coefficient (Wildman–Crippen LogP) is 0.655. The van der Waals surface area contributed by atoms with Gasteiger partial charge in [-0.1, -0.05) is 0 Å². The number of hydrogen-bond donors (Lipinski definition) is 0. The normalized spacial score (nSPS) is 17.8. The predicted molar refractivity (Wildman–Crippen MR) is 69.7 cm³/mol. The van der Waals surface area contributed by atoms with E-state index in [-0.39, 0.29) is 0 Å². The Labute approximate surface area is 106 Å². The van der Waals surface area contributed by atoms with Gasteiger partial charge in [0.1, 0.15) is 6.33 Å². The van der Waals surface area contributed by atoms with E-state index in [1.165, 1.54) is 12.8 Å². The van der Waals surface area contributed by atoms with Crippen LogP contribution in [0.3, 0.4) is 0 Å². The average Bonchev–Trinajstić information content (AvgIpc) is 2.87. The van der Waals surface area contributed by atoms with Crippen LogP contribution in [0.15, 0.2) is 18.7 Å². The summed E-state index contributed by atoms with van der Waals surface area (Å²) in [4.78, 5) is 9.08. The van der Waals surface area contributed by atoms with Gasteiger partial charge in [-0.25, -0.2) is 4.98 Å². The van der Waals surface area contributed by atoms with E-state index in [0.29, 0.717) is 6.04 Å². The molecule has 6 heteroatoms. The Bertz CT molecular complexity index is 526. The van der Waals surface area contributed by atoms with Gasteiger partial charge in [0.05, 0.1) is 0 Å². The Morgan fingerprint density at radius 1 is 1.28 bits per heavy atom. The van der Waals surface area contributed by atoms with Crippen molar-refractivity contribution in [3.05, 3.63) is 18.7 Å². The molecule has 96 valence electrons. The fourth-order valence-corrected chi connectivity index (χ4v) is 2.56. The summed E-state index contributed by atoms with van der Waals surface area (Å²) in [5.74, 6) is 0.951. The lowest BCUT2D eigenvalue weighted by molar-refractivity contribution is 0.249. The maximum Gasteiger partial charge on any atom is 0.203 e. The fourth-order valence-electron chi connectivity index (χ4n) is 2.56. The lowest BCUT2D eigenvalue weighted by Gasteiger charge is -2.35. The number of hydrogen-bond acceptors (Lipinski definition) is 5. The van der Waals surface area contributed by atoms with E-state index in [4.69, 9.17) is 0 Å². The molecule has 1 aliphatic heterocycles. The van der Waals surface area contributed by atoms with Crippen molar-refractivity contribution in [2.24, 2.45) is 0 Å². The summed E-state index contributed by atoms with van der Waals surface area (Å²) in [6.45, 7) is 2.06. The molecule has 18 heavy (non-hydrogen) atoms. The van der Waals surface area contributed by atoms with Gasteiger partial charge in [-0.3, -0.25) is 4.40 Å². The Morgan fingerprint density at radius 2 is 2.06 bits per heavy atom. The molecule has 2 aromatic rings. The molecule has 0 saturated carbocycles. The minimum absolute atomic E-state index is 0.679. The number of anilines is 1. The first-order chi connectivity index (χ1) is 8.75. The van der Waals surface area contributed by atoms with E-state index in [0.717, 1.165) is 24.6 Å². The van der Waals surface area contributed by atoms with Crippen molar-refractivity contribution in [1.82, 2.24) is 24.5 Å². The van der Waals surface area contributed by atoms with Gasteiger partial charge < -0.3 is 9.80 Å². The first-order valence-electron chi connectivity index (χ1n) is 6.31. The topological polar surface area (TPSA) is 49.6 Å². The lowest BCUT2D eigenvalue weighted by atomic mass is 10.0. The third kappa shape index (κ3) is 1.92. The van der Waals surface area contributed by atoms with Gasteiger partial charge in [0.25, 0.3) is 0 Å². The number of nitrogens with zero attached hydrogens (tertiary/aromatic N) is 6. The summed E-state index contributed by atoms with van der Waals surface area (Å²) in [6, 6.07) is 0.679. The molecule has 3 rings (SSSR count). The summed E-state index contributed by atoms with van der Waals surface area (Å²) in [6.07, 6.45) is 7.75. The Balaban J connectivity index is 1.82. The first-order valence-corrected chi connectivity index (χ1v) is 6.31. The van der Waals surface area contributed by atoms with E-state index in [2.05, 4.69) is 39.1 Å². The zero-order chi connectivity index (χ0) is 12.5. The van der Waals surface area contributed by atoms with Crippen LogP contribution in [0.25, 0.3) is 5.65 Å². The summed E-state index contributed by atoms with van der Waals surface area (Å²) >= 11 is 0. The second-order valence-corrected chi connectivity index (χ2v) is 4.99. The van der Waals surface area contributed by atoms with Crippen molar-refractivity contribution >= 4 is 11.5 Å². The van der Waals surface area contributed by atoms with Gasteiger partial charge in [0, 0.05) is 31.5 Å². The minimum atomic E-state index is 0.679. The zero-order valence-electron chi connectivity index (χ0n) is 10.8. The monoisotopic (exact) mass is 246 g/mol. The highest BCUT2D eigenvalue weighted by Crippen LogP contribution is 2.22. The molecule has 0 spiro atoms. The number of aromatic nitrogens is 4. The smallest absolute Gasteiger partial charge is 0.203 e. The molecule has 0 amide bonds. The van der Waals surface area contributed by atoms with Crippen molar-refractivity contribution in [2.75, 3.05) is 32.1 Å². The zero-order valence-corrected chi connectivity index (χ0v) is 10.8. The molecule has 0 aromatic carbocycles. The van der Waals surface area contributed by atoms with Gasteiger partial charge >= 0.3 is 0 Å². The molecule has 6 nitrogen and oxygen atoms in total. The van der Waals surface area contributed by atoms with Crippen LogP contribution in [0.1, 0.15) is 12.8 Å². The highest BCUT2D eigenvalue weighted by Gasteiger charge is 2.23.